The van der Waals surface area contributed by atoms with Crippen LogP contribution in [0.25, 0.3) is 0 Å². The quantitative estimate of drug-likeness (QED) is 0.813. The number of carbonyl (C=O) groups excluding carboxylic acids is 1. The molecule has 2 heterocycles. The van der Waals surface area contributed by atoms with Crippen molar-refractivity contribution in [3.8, 4) is 0 Å². The van der Waals surface area contributed by atoms with Crippen LogP contribution in [0.2, 0.25) is 0 Å². The van der Waals surface area contributed by atoms with Crippen molar-refractivity contribution in [3.63, 3.8) is 0 Å². The predicted octanol–water partition coefficient (Wildman–Crippen LogP) is 1.08. The number of hydrogen-bond donors (Lipinski definition) is 1. The first-order valence-corrected chi connectivity index (χ1v) is 6.18. The van der Waals surface area contributed by atoms with Crippen molar-refractivity contribution >= 4 is 11.8 Å². The fourth-order valence-corrected chi connectivity index (χ4v) is 2.14. The van der Waals surface area contributed by atoms with Gasteiger partial charge >= 0.3 is 5.97 Å². The van der Waals surface area contributed by atoms with Gasteiger partial charge in [-0.05, 0) is 19.1 Å². The zero-order valence-electron chi connectivity index (χ0n) is 10.7. The molecular formula is C13H18N2O3. The van der Waals surface area contributed by atoms with Crippen LogP contribution in [0, 0.1) is 5.92 Å². The monoisotopic (exact) mass is 250 g/mol. The molecule has 1 N–H and O–H groups in total. The largest absolute Gasteiger partial charge is 0.462 e. The van der Waals surface area contributed by atoms with Gasteiger partial charge in [-0.15, -0.1) is 0 Å². The van der Waals surface area contributed by atoms with E-state index in [9.17, 15) is 9.90 Å². The number of aliphatic hydroxyl groups excluding tert-OH is 1. The minimum Gasteiger partial charge on any atom is -0.462 e. The van der Waals surface area contributed by atoms with Gasteiger partial charge in [-0.2, -0.15) is 0 Å². The lowest BCUT2D eigenvalue weighted by atomic mass is 10.1. The molecule has 5 heteroatoms. The Morgan fingerprint density at radius 1 is 1.61 bits per heavy atom. The summed E-state index contributed by atoms with van der Waals surface area (Å²) in [7, 11) is 0. The van der Waals surface area contributed by atoms with Crippen molar-refractivity contribution < 1.29 is 14.6 Å². The van der Waals surface area contributed by atoms with Crippen LogP contribution < -0.4 is 4.90 Å². The summed E-state index contributed by atoms with van der Waals surface area (Å²) in [4.78, 5) is 18.0. The first-order valence-electron chi connectivity index (χ1n) is 6.18. The molecule has 1 fully saturated rings. The van der Waals surface area contributed by atoms with Gasteiger partial charge in [0.25, 0.3) is 0 Å². The number of β-amino-alcohol motifs (C(OH)–C–C–N with tert-alkyl or cyclic N) is 1. The number of aliphatic hydroxyl groups is 1. The molecule has 0 saturated carbocycles. The summed E-state index contributed by atoms with van der Waals surface area (Å²) in [6.45, 7) is 5.30. The second kappa shape index (κ2) is 5.35. The van der Waals surface area contributed by atoms with E-state index in [1.165, 1.54) is 0 Å². The first-order chi connectivity index (χ1) is 8.63. The van der Waals surface area contributed by atoms with Gasteiger partial charge in [-0.3, -0.25) is 0 Å². The zero-order chi connectivity index (χ0) is 13.1. The maximum absolute atomic E-state index is 11.8. The van der Waals surface area contributed by atoms with Gasteiger partial charge in [-0.25, -0.2) is 9.78 Å². The van der Waals surface area contributed by atoms with Gasteiger partial charge in [0.1, 0.15) is 11.4 Å². The first kappa shape index (κ1) is 12.8. The molecule has 0 radical (unpaired) electrons. The minimum absolute atomic E-state index is 0.182. The van der Waals surface area contributed by atoms with Crippen LogP contribution in [-0.4, -0.2) is 41.9 Å². The summed E-state index contributed by atoms with van der Waals surface area (Å²) in [5.74, 6) is 0.413. The lowest BCUT2D eigenvalue weighted by Crippen LogP contribution is -2.25. The third-order valence-electron chi connectivity index (χ3n) is 3.15. The molecule has 1 aliphatic heterocycles. The maximum atomic E-state index is 11.8. The van der Waals surface area contributed by atoms with Gasteiger partial charge in [0, 0.05) is 25.2 Å². The molecular weight excluding hydrogens is 232 g/mol. The van der Waals surface area contributed by atoms with E-state index >= 15 is 0 Å². The van der Waals surface area contributed by atoms with Crippen LogP contribution >= 0.6 is 0 Å². The van der Waals surface area contributed by atoms with Crippen molar-refractivity contribution in [2.24, 2.45) is 5.92 Å². The van der Waals surface area contributed by atoms with Gasteiger partial charge in [0.05, 0.1) is 12.7 Å². The topological polar surface area (TPSA) is 62.7 Å². The van der Waals surface area contributed by atoms with E-state index in [0.717, 1.165) is 0 Å². The van der Waals surface area contributed by atoms with Crippen LogP contribution in [0.4, 0.5) is 5.82 Å². The number of pyridine rings is 1. The van der Waals surface area contributed by atoms with Gasteiger partial charge in [0.15, 0.2) is 0 Å². The number of anilines is 1. The molecule has 0 bridgehead atoms. The van der Waals surface area contributed by atoms with Crippen LogP contribution in [0.5, 0.6) is 0 Å². The molecule has 2 rings (SSSR count). The highest BCUT2D eigenvalue weighted by Gasteiger charge is 2.30. The molecule has 5 nitrogen and oxygen atoms in total. The summed E-state index contributed by atoms with van der Waals surface area (Å²) in [6.07, 6.45) is 1.27. The Balaban J connectivity index is 2.25. The third-order valence-corrected chi connectivity index (χ3v) is 3.15. The van der Waals surface area contributed by atoms with Gasteiger partial charge < -0.3 is 14.7 Å². The highest BCUT2D eigenvalue weighted by atomic mass is 16.5. The Labute approximate surface area is 106 Å². The average molecular weight is 250 g/mol. The normalized spacial score (nSPS) is 23.2. The molecule has 0 amide bonds. The summed E-state index contributed by atoms with van der Waals surface area (Å²) in [5, 5.41) is 9.78. The lowest BCUT2D eigenvalue weighted by Gasteiger charge is -2.19. The van der Waals surface area contributed by atoms with E-state index in [4.69, 9.17) is 4.74 Å². The number of nitrogens with zero attached hydrogens (tertiary/aromatic N) is 2. The Kier molecular flexibility index (Phi) is 3.81. The molecule has 1 aromatic rings. The van der Waals surface area contributed by atoms with E-state index in [1.807, 2.05) is 11.8 Å². The predicted molar refractivity (Wildman–Crippen MR) is 67.6 cm³/mol. The van der Waals surface area contributed by atoms with Crippen molar-refractivity contribution in [1.29, 1.82) is 0 Å². The number of esters is 1. The van der Waals surface area contributed by atoms with Crippen molar-refractivity contribution in [1.82, 2.24) is 4.98 Å². The number of hydrogen-bond acceptors (Lipinski definition) is 5. The molecule has 1 aromatic heterocycles. The molecule has 0 aliphatic carbocycles. The summed E-state index contributed by atoms with van der Waals surface area (Å²) in [5.41, 5.74) is 0.459. The highest BCUT2D eigenvalue weighted by Crippen LogP contribution is 2.25. The van der Waals surface area contributed by atoms with E-state index in [-0.39, 0.29) is 18.0 Å². The summed E-state index contributed by atoms with van der Waals surface area (Å²) in [6, 6.07) is 3.42. The lowest BCUT2D eigenvalue weighted by molar-refractivity contribution is 0.0526. The summed E-state index contributed by atoms with van der Waals surface area (Å²) >= 11 is 0. The molecule has 1 saturated heterocycles. The van der Waals surface area contributed by atoms with E-state index in [1.54, 1.807) is 25.3 Å². The summed E-state index contributed by atoms with van der Waals surface area (Å²) < 4.78 is 5.01. The standard InChI is InChI=1S/C13H18N2O3/c1-3-18-13(17)10-5-4-6-14-12(10)15-7-9(2)11(16)8-15/h4-6,9,11,16H,3,7-8H2,1-2H3/t9-,11+/m1/s1. The number of rotatable bonds is 3. The Hall–Kier alpha value is -1.62. The molecule has 1 aliphatic rings. The molecule has 0 unspecified atom stereocenters. The molecule has 0 aromatic carbocycles. The number of aromatic nitrogens is 1. The SMILES string of the molecule is CCOC(=O)c1cccnc1N1C[C@@H](C)[C@@H](O)C1. The fourth-order valence-electron chi connectivity index (χ4n) is 2.14. The van der Waals surface area contributed by atoms with Crippen molar-refractivity contribution in [2.45, 2.75) is 20.0 Å². The van der Waals surface area contributed by atoms with Crippen LogP contribution in [0.3, 0.4) is 0 Å². The molecule has 2 atom stereocenters. The van der Waals surface area contributed by atoms with E-state index in [2.05, 4.69) is 4.98 Å². The Bertz CT molecular complexity index is 426. The number of carbonyl (C=O) groups is 1. The van der Waals surface area contributed by atoms with Crippen LogP contribution in [-0.2, 0) is 4.74 Å². The molecule has 18 heavy (non-hydrogen) atoms. The zero-order valence-corrected chi connectivity index (χ0v) is 10.7. The fraction of sp³-hybridized carbons (Fsp3) is 0.538. The van der Waals surface area contributed by atoms with Crippen molar-refractivity contribution in [3.05, 3.63) is 23.9 Å². The van der Waals surface area contributed by atoms with Crippen LogP contribution in [0.15, 0.2) is 18.3 Å². The second-order valence-electron chi connectivity index (χ2n) is 4.54. The van der Waals surface area contributed by atoms with Crippen molar-refractivity contribution in [2.75, 3.05) is 24.6 Å². The third kappa shape index (κ3) is 2.46. The minimum atomic E-state index is -0.373. The maximum Gasteiger partial charge on any atom is 0.341 e. The van der Waals surface area contributed by atoms with E-state index in [0.29, 0.717) is 31.1 Å². The highest BCUT2D eigenvalue weighted by molar-refractivity contribution is 5.94. The average Bonchev–Trinajstić information content (AvgIpc) is 2.70. The van der Waals surface area contributed by atoms with Gasteiger partial charge in [-0.1, -0.05) is 6.92 Å². The smallest absolute Gasteiger partial charge is 0.341 e. The van der Waals surface area contributed by atoms with Crippen LogP contribution in [0.1, 0.15) is 24.2 Å². The molecule has 0 spiro atoms. The molecule has 98 valence electrons. The van der Waals surface area contributed by atoms with Gasteiger partial charge in [0.2, 0.25) is 0 Å². The Morgan fingerprint density at radius 2 is 2.39 bits per heavy atom. The number of ether oxygens (including phenoxy) is 1. The van der Waals surface area contributed by atoms with E-state index < -0.39 is 0 Å². The Morgan fingerprint density at radius 3 is 3.00 bits per heavy atom. The second-order valence-corrected chi connectivity index (χ2v) is 4.54.